The number of aldehydes is 1. The summed E-state index contributed by atoms with van der Waals surface area (Å²) >= 11 is 0. The van der Waals surface area contributed by atoms with E-state index < -0.39 is 0 Å². The van der Waals surface area contributed by atoms with E-state index in [1.54, 1.807) is 6.20 Å². The molecule has 0 fully saturated rings. The fourth-order valence-corrected chi connectivity index (χ4v) is 0.913. The Morgan fingerprint density at radius 2 is 1.85 bits per heavy atom. The zero-order valence-electron chi connectivity index (χ0n) is 7.38. The highest BCUT2D eigenvalue weighted by Crippen LogP contribution is 2.10. The van der Waals surface area contributed by atoms with Crippen LogP contribution in [0.1, 0.15) is 0 Å². The van der Waals surface area contributed by atoms with Gasteiger partial charge in [-0.05, 0) is 18.2 Å². The van der Waals surface area contributed by atoms with Gasteiger partial charge in [-0.15, -0.1) is 12.4 Å². The lowest BCUT2D eigenvalue weighted by atomic mass is 10.3. The van der Waals surface area contributed by atoms with Gasteiger partial charge in [-0.2, -0.15) is 0 Å². The SMILES string of the molecule is CN(C=CC=O)c1ccccc1.Cl. The number of hydrogen-bond donors (Lipinski definition) is 0. The van der Waals surface area contributed by atoms with E-state index in [2.05, 4.69) is 0 Å². The molecule has 70 valence electrons. The fraction of sp³-hybridized carbons (Fsp3) is 0.100. The van der Waals surface area contributed by atoms with E-state index in [1.165, 1.54) is 6.08 Å². The predicted octanol–water partition coefficient (Wildman–Crippen LogP) is 2.26. The van der Waals surface area contributed by atoms with Crippen molar-refractivity contribution in [2.75, 3.05) is 11.9 Å². The van der Waals surface area contributed by atoms with Gasteiger partial charge in [-0.3, -0.25) is 4.79 Å². The van der Waals surface area contributed by atoms with E-state index in [4.69, 9.17) is 0 Å². The molecule has 13 heavy (non-hydrogen) atoms. The van der Waals surface area contributed by atoms with Crippen LogP contribution in [0.2, 0.25) is 0 Å². The largest absolute Gasteiger partial charge is 0.351 e. The molecule has 0 aliphatic heterocycles. The van der Waals surface area contributed by atoms with Crippen molar-refractivity contribution >= 4 is 24.4 Å². The number of carbonyl (C=O) groups excluding carboxylic acids is 1. The second-order valence-electron chi connectivity index (χ2n) is 2.42. The predicted molar refractivity (Wildman–Crippen MR) is 57.3 cm³/mol. The Bertz CT molecular complexity index is 272. The monoisotopic (exact) mass is 197 g/mol. The first-order valence-electron chi connectivity index (χ1n) is 3.74. The molecule has 0 heterocycles. The fourth-order valence-electron chi connectivity index (χ4n) is 0.913. The molecule has 1 aromatic carbocycles. The van der Waals surface area contributed by atoms with Crippen LogP contribution >= 0.6 is 12.4 Å². The molecule has 0 bridgehead atoms. The first-order valence-corrected chi connectivity index (χ1v) is 3.74. The number of carbonyl (C=O) groups is 1. The Kier molecular flexibility index (Phi) is 5.64. The van der Waals surface area contributed by atoms with Gasteiger partial charge in [0.05, 0.1) is 0 Å². The molecule has 0 radical (unpaired) electrons. The average molecular weight is 198 g/mol. The first kappa shape index (κ1) is 11.7. The summed E-state index contributed by atoms with van der Waals surface area (Å²) in [5.41, 5.74) is 1.07. The van der Waals surface area contributed by atoms with Crippen molar-refractivity contribution in [1.82, 2.24) is 0 Å². The average Bonchev–Trinajstić information content (AvgIpc) is 2.15. The van der Waals surface area contributed by atoms with Crippen molar-refractivity contribution in [2.24, 2.45) is 0 Å². The van der Waals surface area contributed by atoms with Crippen LogP contribution in [0.4, 0.5) is 5.69 Å². The molecule has 0 aromatic heterocycles. The van der Waals surface area contributed by atoms with Crippen LogP contribution < -0.4 is 4.90 Å². The molecule has 1 rings (SSSR count). The zero-order chi connectivity index (χ0) is 8.81. The molecule has 3 heteroatoms. The van der Waals surface area contributed by atoms with Crippen LogP contribution in [0.3, 0.4) is 0 Å². The van der Waals surface area contributed by atoms with Crippen molar-refractivity contribution < 1.29 is 4.79 Å². The molecular formula is C10H12ClNO. The van der Waals surface area contributed by atoms with E-state index >= 15 is 0 Å². The topological polar surface area (TPSA) is 20.3 Å². The number of para-hydroxylation sites is 1. The summed E-state index contributed by atoms with van der Waals surface area (Å²) in [6, 6.07) is 9.84. The molecule has 0 N–H and O–H groups in total. The lowest BCUT2D eigenvalue weighted by Crippen LogP contribution is -2.07. The number of allylic oxidation sites excluding steroid dienone is 1. The third kappa shape index (κ3) is 3.76. The van der Waals surface area contributed by atoms with Crippen LogP contribution in [0.15, 0.2) is 42.6 Å². The molecule has 1 aromatic rings. The van der Waals surface area contributed by atoms with Gasteiger partial charge in [0.2, 0.25) is 0 Å². The molecule has 0 spiro atoms. The minimum atomic E-state index is 0. The van der Waals surface area contributed by atoms with Crippen molar-refractivity contribution in [1.29, 1.82) is 0 Å². The second-order valence-corrected chi connectivity index (χ2v) is 2.42. The molecule has 0 aliphatic carbocycles. The number of hydrogen-bond acceptors (Lipinski definition) is 2. The number of nitrogens with zero attached hydrogens (tertiary/aromatic N) is 1. The van der Waals surface area contributed by atoms with E-state index in [0.29, 0.717) is 0 Å². The first-order chi connectivity index (χ1) is 5.84. The smallest absolute Gasteiger partial charge is 0.144 e. The number of anilines is 1. The summed E-state index contributed by atoms with van der Waals surface area (Å²) in [4.78, 5) is 11.9. The van der Waals surface area contributed by atoms with Gasteiger partial charge < -0.3 is 4.90 Å². The molecule has 0 aliphatic rings. The van der Waals surface area contributed by atoms with Gasteiger partial charge in [0.25, 0.3) is 0 Å². The summed E-state index contributed by atoms with van der Waals surface area (Å²) in [5, 5.41) is 0. The lowest BCUT2D eigenvalue weighted by Gasteiger charge is -2.12. The maximum absolute atomic E-state index is 10.0. The minimum absolute atomic E-state index is 0. The van der Waals surface area contributed by atoms with Crippen LogP contribution in [0.25, 0.3) is 0 Å². The molecule has 0 saturated heterocycles. The number of benzene rings is 1. The van der Waals surface area contributed by atoms with Gasteiger partial charge in [-0.1, -0.05) is 18.2 Å². The summed E-state index contributed by atoms with van der Waals surface area (Å²) in [5.74, 6) is 0. The van der Waals surface area contributed by atoms with Gasteiger partial charge in [0.1, 0.15) is 6.29 Å². The van der Waals surface area contributed by atoms with Crippen molar-refractivity contribution in [2.45, 2.75) is 0 Å². The van der Waals surface area contributed by atoms with Crippen LogP contribution in [0.5, 0.6) is 0 Å². The van der Waals surface area contributed by atoms with E-state index in [9.17, 15) is 4.79 Å². The third-order valence-electron chi connectivity index (χ3n) is 1.55. The number of rotatable bonds is 3. The van der Waals surface area contributed by atoms with E-state index in [-0.39, 0.29) is 12.4 Å². The Hall–Kier alpha value is -1.28. The van der Waals surface area contributed by atoms with Crippen molar-refractivity contribution in [3.8, 4) is 0 Å². The normalized spacial score (nSPS) is 9.31. The lowest BCUT2D eigenvalue weighted by molar-refractivity contribution is -0.104. The molecule has 0 unspecified atom stereocenters. The van der Waals surface area contributed by atoms with Crippen LogP contribution in [0, 0.1) is 0 Å². The molecule has 0 atom stereocenters. The standard InChI is InChI=1S/C10H11NO.ClH/c1-11(8-5-9-12)10-6-3-2-4-7-10;/h2-9H,1H3;1H. The second kappa shape index (κ2) is 6.26. The van der Waals surface area contributed by atoms with E-state index in [1.807, 2.05) is 42.3 Å². The van der Waals surface area contributed by atoms with Crippen molar-refractivity contribution in [3.05, 3.63) is 42.6 Å². The Morgan fingerprint density at radius 3 is 2.38 bits per heavy atom. The molecule has 0 saturated carbocycles. The Balaban J connectivity index is 0.00000144. The summed E-state index contributed by atoms with van der Waals surface area (Å²) in [7, 11) is 1.90. The van der Waals surface area contributed by atoms with E-state index in [0.717, 1.165) is 12.0 Å². The summed E-state index contributed by atoms with van der Waals surface area (Å²) < 4.78 is 0. The van der Waals surface area contributed by atoms with Crippen LogP contribution in [-0.2, 0) is 4.79 Å². The highest BCUT2D eigenvalue weighted by Gasteiger charge is 1.91. The maximum Gasteiger partial charge on any atom is 0.144 e. The summed E-state index contributed by atoms with van der Waals surface area (Å²) in [6.07, 6.45) is 3.95. The molecule has 2 nitrogen and oxygen atoms in total. The Morgan fingerprint density at radius 1 is 1.23 bits per heavy atom. The highest BCUT2D eigenvalue weighted by molar-refractivity contribution is 5.85. The van der Waals surface area contributed by atoms with Crippen molar-refractivity contribution in [3.63, 3.8) is 0 Å². The highest BCUT2D eigenvalue weighted by atomic mass is 35.5. The van der Waals surface area contributed by atoms with Gasteiger partial charge in [0.15, 0.2) is 0 Å². The quantitative estimate of drug-likeness (QED) is 0.547. The summed E-state index contributed by atoms with van der Waals surface area (Å²) in [6.45, 7) is 0. The zero-order valence-corrected chi connectivity index (χ0v) is 8.20. The Labute approximate surface area is 84.3 Å². The minimum Gasteiger partial charge on any atom is -0.351 e. The maximum atomic E-state index is 10.0. The van der Waals surface area contributed by atoms with Gasteiger partial charge in [0, 0.05) is 18.9 Å². The third-order valence-corrected chi connectivity index (χ3v) is 1.55. The molecule has 0 amide bonds. The molecular weight excluding hydrogens is 186 g/mol. The van der Waals surface area contributed by atoms with Gasteiger partial charge >= 0.3 is 0 Å². The van der Waals surface area contributed by atoms with Crippen LogP contribution in [-0.4, -0.2) is 13.3 Å². The van der Waals surface area contributed by atoms with Gasteiger partial charge in [-0.25, -0.2) is 0 Å². The number of halogens is 1.